The summed E-state index contributed by atoms with van der Waals surface area (Å²) in [6.07, 6.45) is 1.17. The molecule has 5 heteroatoms. The molecule has 1 aromatic rings. The molecule has 0 aliphatic carbocycles. The number of amides is 2. The standard InChI is InChI=1S/C15H23N3O2/c1-3-10(2)13(16)15(20)18-12(14(17)19)9-11-7-5-4-6-8-11/h4-8,10,12-13H,3,9,16H2,1-2H3,(H2,17,19)(H,18,20)/t10-,12-,13-/m0/s1. The number of primary amides is 1. The van der Waals surface area contributed by atoms with Gasteiger partial charge in [0.15, 0.2) is 0 Å². The molecule has 0 radical (unpaired) electrons. The van der Waals surface area contributed by atoms with Gasteiger partial charge in [-0.1, -0.05) is 50.6 Å². The number of benzene rings is 1. The molecule has 0 spiro atoms. The molecule has 3 atom stereocenters. The van der Waals surface area contributed by atoms with Crippen LogP contribution in [0.2, 0.25) is 0 Å². The molecule has 1 aromatic carbocycles. The van der Waals surface area contributed by atoms with Gasteiger partial charge in [-0.2, -0.15) is 0 Å². The largest absolute Gasteiger partial charge is 0.368 e. The van der Waals surface area contributed by atoms with Gasteiger partial charge in [0.1, 0.15) is 6.04 Å². The Morgan fingerprint density at radius 3 is 2.35 bits per heavy atom. The van der Waals surface area contributed by atoms with E-state index in [1.807, 2.05) is 44.2 Å². The van der Waals surface area contributed by atoms with Crippen molar-refractivity contribution in [2.75, 3.05) is 0 Å². The monoisotopic (exact) mass is 277 g/mol. The summed E-state index contributed by atoms with van der Waals surface area (Å²) in [6, 6.07) is 8.05. The van der Waals surface area contributed by atoms with Gasteiger partial charge in [-0.25, -0.2) is 0 Å². The first-order valence-electron chi connectivity index (χ1n) is 6.84. The Morgan fingerprint density at radius 1 is 1.25 bits per heavy atom. The van der Waals surface area contributed by atoms with E-state index in [-0.39, 0.29) is 11.8 Å². The van der Waals surface area contributed by atoms with E-state index in [2.05, 4.69) is 5.32 Å². The number of rotatable bonds is 7. The van der Waals surface area contributed by atoms with E-state index in [0.29, 0.717) is 6.42 Å². The Kier molecular flexibility index (Phi) is 6.18. The van der Waals surface area contributed by atoms with E-state index in [9.17, 15) is 9.59 Å². The summed E-state index contributed by atoms with van der Waals surface area (Å²) in [6.45, 7) is 3.87. The van der Waals surface area contributed by atoms with Gasteiger partial charge in [-0.05, 0) is 11.5 Å². The molecule has 0 saturated heterocycles. The molecule has 0 unspecified atom stereocenters. The van der Waals surface area contributed by atoms with Gasteiger partial charge in [0.05, 0.1) is 6.04 Å². The van der Waals surface area contributed by atoms with Gasteiger partial charge >= 0.3 is 0 Å². The maximum atomic E-state index is 12.0. The molecule has 0 saturated carbocycles. The first-order chi connectivity index (χ1) is 9.45. The molecule has 0 heterocycles. The minimum Gasteiger partial charge on any atom is -0.368 e. The third kappa shape index (κ3) is 4.66. The van der Waals surface area contributed by atoms with Gasteiger partial charge in [0.2, 0.25) is 11.8 Å². The lowest BCUT2D eigenvalue weighted by atomic mass is 9.98. The second-order valence-corrected chi connectivity index (χ2v) is 5.06. The summed E-state index contributed by atoms with van der Waals surface area (Å²) in [4.78, 5) is 23.5. The predicted molar refractivity (Wildman–Crippen MR) is 78.7 cm³/mol. The lowest BCUT2D eigenvalue weighted by Gasteiger charge is -2.21. The average Bonchev–Trinajstić information content (AvgIpc) is 2.45. The highest BCUT2D eigenvalue weighted by molar-refractivity contribution is 5.89. The van der Waals surface area contributed by atoms with Crippen LogP contribution in [0.3, 0.4) is 0 Å². The summed E-state index contributed by atoms with van der Waals surface area (Å²) < 4.78 is 0. The normalized spacial score (nSPS) is 15.2. The first-order valence-corrected chi connectivity index (χ1v) is 6.84. The smallest absolute Gasteiger partial charge is 0.240 e. The fraction of sp³-hybridized carbons (Fsp3) is 0.467. The molecule has 0 bridgehead atoms. The Morgan fingerprint density at radius 2 is 1.85 bits per heavy atom. The van der Waals surface area contributed by atoms with E-state index in [1.54, 1.807) is 0 Å². The topological polar surface area (TPSA) is 98.2 Å². The molecule has 5 nitrogen and oxygen atoms in total. The second-order valence-electron chi connectivity index (χ2n) is 5.06. The van der Waals surface area contributed by atoms with Crippen LogP contribution in [0.5, 0.6) is 0 Å². The lowest BCUT2D eigenvalue weighted by molar-refractivity contribution is -0.128. The molecule has 110 valence electrons. The SMILES string of the molecule is CC[C@H](C)[C@H](N)C(=O)N[C@@H](Cc1ccccc1)C(N)=O. The number of nitrogens with two attached hydrogens (primary N) is 2. The quantitative estimate of drug-likeness (QED) is 0.679. The van der Waals surface area contributed by atoms with Crippen LogP contribution in [-0.4, -0.2) is 23.9 Å². The summed E-state index contributed by atoms with van der Waals surface area (Å²) in [7, 11) is 0. The summed E-state index contributed by atoms with van der Waals surface area (Å²) in [5.41, 5.74) is 12.1. The van der Waals surface area contributed by atoms with Crippen LogP contribution in [0.1, 0.15) is 25.8 Å². The first kappa shape index (κ1) is 16.2. The second kappa shape index (κ2) is 7.65. The highest BCUT2D eigenvalue weighted by Gasteiger charge is 2.24. The van der Waals surface area contributed by atoms with Crippen molar-refractivity contribution in [2.45, 2.75) is 38.8 Å². The van der Waals surface area contributed by atoms with Crippen molar-refractivity contribution in [3.8, 4) is 0 Å². The molecular weight excluding hydrogens is 254 g/mol. The van der Waals surface area contributed by atoms with Crippen LogP contribution in [0.15, 0.2) is 30.3 Å². The summed E-state index contributed by atoms with van der Waals surface area (Å²) in [5.74, 6) is -0.835. The van der Waals surface area contributed by atoms with Crippen LogP contribution in [-0.2, 0) is 16.0 Å². The number of carbonyl (C=O) groups is 2. The fourth-order valence-electron chi connectivity index (χ4n) is 1.85. The minimum atomic E-state index is -0.736. The third-order valence-corrected chi connectivity index (χ3v) is 3.50. The van der Waals surface area contributed by atoms with E-state index >= 15 is 0 Å². The van der Waals surface area contributed by atoms with Crippen LogP contribution >= 0.6 is 0 Å². The van der Waals surface area contributed by atoms with Crippen molar-refractivity contribution in [2.24, 2.45) is 17.4 Å². The van der Waals surface area contributed by atoms with Gasteiger partial charge in [-0.15, -0.1) is 0 Å². The Balaban J connectivity index is 2.68. The van der Waals surface area contributed by atoms with Crippen molar-refractivity contribution < 1.29 is 9.59 Å². The number of nitrogens with one attached hydrogen (secondary N) is 1. The summed E-state index contributed by atoms with van der Waals surface area (Å²) in [5, 5.41) is 2.64. The summed E-state index contributed by atoms with van der Waals surface area (Å²) >= 11 is 0. The van der Waals surface area contributed by atoms with Crippen LogP contribution < -0.4 is 16.8 Å². The van der Waals surface area contributed by atoms with Crippen molar-refractivity contribution in [3.05, 3.63) is 35.9 Å². The molecule has 0 aliphatic rings. The van der Waals surface area contributed by atoms with E-state index in [0.717, 1.165) is 12.0 Å². The van der Waals surface area contributed by atoms with Gasteiger partial charge in [-0.3, -0.25) is 9.59 Å². The Bertz CT molecular complexity index is 448. The Labute approximate surface area is 119 Å². The van der Waals surface area contributed by atoms with E-state index < -0.39 is 18.0 Å². The van der Waals surface area contributed by atoms with E-state index in [1.165, 1.54) is 0 Å². The molecule has 2 amide bonds. The van der Waals surface area contributed by atoms with Gasteiger partial charge in [0.25, 0.3) is 0 Å². The Hall–Kier alpha value is -1.88. The molecule has 0 fully saturated rings. The van der Waals surface area contributed by atoms with Crippen molar-refractivity contribution in [1.29, 1.82) is 0 Å². The number of carbonyl (C=O) groups excluding carboxylic acids is 2. The van der Waals surface area contributed by atoms with Crippen LogP contribution in [0.4, 0.5) is 0 Å². The maximum Gasteiger partial charge on any atom is 0.240 e. The van der Waals surface area contributed by atoms with Gasteiger partial charge in [0, 0.05) is 6.42 Å². The maximum absolute atomic E-state index is 12.0. The zero-order valence-corrected chi connectivity index (χ0v) is 12.0. The predicted octanol–water partition coefficient (Wildman–Crippen LogP) is 0.573. The fourth-order valence-corrected chi connectivity index (χ4v) is 1.85. The highest BCUT2D eigenvalue weighted by Crippen LogP contribution is 2.07. The number of hydrogen-bond acceptors (Lipinski definition) is 3. The van der Waals surface area contributed by atoms with Crippen LogP contribution in [0.25, 0.3) is 0 Å². The molecular formula is C15H23N3O2. The van der Waals surface area contributed by atoms with Crippen LogP contribution in [0, 0.1) is 5.92 Å². The molecule has 0 aliphatic heterocycles. The van der Waals surface area contributed by atoms with Crippen molar-refractivity contribution >= 4 is 11.8 Å². The molecule has 1 rings (SSSR count). The van der Waals surface area contributed by atoms with Crippen molar-refractivity contribution in [1.82, 2.24) is 5.32 Å². The van der Waals surface area contributed by atoms with E-state index in [4.69, 9.17) is 11.5 Å². The molecule has 0 aromatic heterocycles. The molecule has 20 heavy (non-hydrogen) atoms. The number of hydrogen-bond donors (Lipinski definition) is 3. The zero-order valence-electron chi connectivity index (χ0n) is 12.0. The molecule has 5 N–H and O–H groups in total. The van der Waals surface area contributed by atoms with Crippen molar-refractivity contribution in [3.63, 3.8) is 0 Å². The third-order valence-electron chi connectivity index (χ3n) is 3.50. The van der Waals surface area contributed by atoms with Gasteiger partial charge < -0.3 is 16.8 Å². The lowest BCUT2D eigenvalue weighted by Crippen LogP contribution is -2.53. The minimum absolute atomic E-state index is 0.0558. The average molecular weight is 277 g/mol. The zero-order chi connectivity index (χ0) is 15.1. The highest BCUT2D eigenvalue weighted by atomic mass is 16.2.